The summed E-state index contributed by atoms with van der Waals surface area (Å²) in [5.74, 6) is 1.10. The number of likely N-dealkylation sites (tertiary alicyclic amines) is 1. The van der Waals surface area contributed by atoms with Crippen LogP contribution in [-0.4, -0.2) is 49.8 Å². The van der Waals surface area contributed by atoms with Crippen molar-refractivity contribution < 1.29 is 14.3 Å². The van der Waals surface area contributed by atoms with Gasteiger partial charge in [0.25, 0.3) is 5.91 Å². The highest BCUT2D eigenvalue weighted by Crippen LogP contribution is 2.42. The van der Waals surface area contributed by atoms with Crippen LogP contribution >= 0.6 is 0 Å². The van der Waals surface area contributed by atoms with E-state index in [1.807, 2.05) is 31.2 Å². The average molecular weight is 360 g/mol. The summed E-state index contributed by atoms with van der Waals surface area (Å²) in [5, 5.41) is 2.97. The highest BCUT2D eigenvalue weighted by Gasteiger charge is 2.47. The van der Waals surface area contributed by atoms with E-state index in [1.54, 1.807) is 7.11 Å². The summed E-state index contributed by atoms with van der Waals surface area (Å²) in [6.07, 6.45) is 7.20. The van der Waals surface area contributed by atoms with Gasteiger partial charge in [0.05, 0.1) is 6.61 Å². The maximum absolute atomic E-state index is 12.5. The lowest BCUT2D eigenvalue weighted by Crippen LogP contribution is -2.43. The molecule has 1 aliphatic carbocycles. The number of carbonyl (C=O) groups is 1. The van der Waals surface area contributed by atoms with Crippen LogP contribution in [0.4, 0.5) is 5.69 Å². The number of piperidine rings is 1. The van der Waals surface area contributed by atoms with Gasteiger partial charge in [-0.15, -0.1) is 0 Å². The molecule has 0 aromatic heterocycles. The number of benzene rings is 1. The summed E-state index contributed by atoms with van der Waals surface area (Å²) in [6, 6.07) is 7.61. The van der Waals surface area contributed by atoms with Gasteiger partial charge in [-0.25, -0.2) is 0 Å². The van der Waals surface area contributed by atoms with Gasteiger partial charge in [0, 0.05) is 19.3 Å². The van der Waals surface area contributed by atoms with Crippen LogP contribution in [0, 0.1) is 5.92 Å². The van der Waals surface area contributed by atoms with Gasteiger partial charge in [-0.1, -0.05) is 6.42 Å². The average Bonchev–Trinajstić information content (AvgIpc) is 3.52. The van der Waals surface area contributed by atoms with Crippen LogP contribution in [0.25, 0.3) is 0 Å². The predicted octanol–water partition coefficient (Wildman–Crippen LogP) is 3.70. The molecule has 1 saturated carbocycles. The van der Waals surface area contributed by atoms with E-state index in [9.17, 15) is 4.79 Å². The first-order valence-corrected chi connectivity index (χ1v) is 9.93. The van der Waals surface area contributed by atoms with Gasteiger partial charge in [0.2, 0.25) is 0 Å². The molecule has 0 radical (unpaired) electrons. The number of amides is 1. The number of rotatable bonds is 9. The van der Waals surface area contributed by atoms with Gasteiger partial charge in [0.1, 0.15) is 11.4 Å². The maximum atomic E-state index is 12.5. The van der Waals surface area contributed by atoms with E-state index >= 15 is 0 Å². The Labute approximate surface area is 157 Å². The number of methoxy groups -OCH3 is 1. The predicted molar refractivity (Wildman–Crippen MR) is 104 cm³/mol. The molecule has 1 heterocycles. The van der Waals surface area contributed by atoms with E-state index in [0.717, 1.165) is 43.9 Å². The molecule has 1 aliphatic heterocycles. The lowest BCUT2D eigenvalue weighted by molar-refractivity contribution is -0.138. The topological polar surface area (TPSA) is 50.8 Å². The van der Waals surface area contributed by atoms with Crippen molar-refractivity contribution in [2.24, 2.45) is 5.92 Å². The Kier molecular flexibility index (Phi) is 6.54. The molecule has 144 valence electrons. The second-order valence-electron chi connectivity index (χ2n) is 7.67. The van der Waals surface area contributed by atoms with Crippen LogP contribution in [0.1, 0.15) is 45.4 Å². The summed E-state index contributed by atoms with van der Waals surface area (Å²) in [4.78, 5) is 15.0. The monoisotopic (exact) mass is 360 g/mol. The fraction of sp³-hybridized carbons (Fsp3) is 0.667. The zero-order valence-electron chi connectivity index (χ0n) is 16.1. The standard InChI is InChI=1S/C21H32N2O3/c1-21(25-2,17-7-8-17)20(24)22-18-9-11-19(12-10-18)26-16-6-15-23-13-4-3-5-14-23/h9-12,17H,3-8,13-16H2,1-2H3,(H,22,24). The number of carbonyl (C=O) groups excluding carboxylic acids is 1. The van der Waals surface area contributed by atoms with Crippen molar-refractivity contribution in [1.82, 2.24) is 4.90 Å². The number of nitrogens with zero attached hydrogens (tertiary/aromatic N) is 1. The largest absolute Gasteiger partial charge is 0.494 e. The molecule has 1 amide bonds. The fourth-order valence-corrected chi connectivity index (χ4v) is 3.63. The quantitative estimate of drug-likeness (QED) is 0.682. The maximum Gasteiger partial charge on any atom is 0.256 e. The first kappa shape index (κ1) is 19.2. The third-order valence-corrected chi connectivity index (χ3v) is 5.68. The molecule has 1 aromatic carbocycles. The second-order valence-corrected chi connectivity index (χ2v) is 7.67. The van der Waals surface area contributed by atoms with Crippen LogP contribution in [0.3, 0.4) is 0 Å². The summed E-state index contributed by atoms with van der Waals surface area (Å²) in [5.41, 5.74) is 0.0449. The van der Waals surface area contributed by atoms with E-state index in [2.05, 4.69) is 10.2 Å². The van der Waals surface area contributed by atoms with E-state index in [1.165, 1.54) is 32.4 Å². The van der Waals surface area contributed by atoms with Crippen molar-refractivity contribution in [1.29, 1.82) is 0 Å². The van der Waals surface area contributed by atoms with Gasteiger partial charge in [-0.05, 0) is 82.3 Å². The first-order valence-electron chi connectivity index (χ1n) is 9.93. The molecule has 2 aliphatic rings. The van der Waals surface area contributed by atoms with Crippen molar-refractivity contribution in [3.63, 3.8) is 0 Å². The number of anilines is 1. The number of nitrogens with one attached hydrogen (secondary N) is 1. The zero-order chi connectivity index (χ0) is 18.4. The summed E-state index contributed by atoms with van der Waals surface area (Å²) in [7, 11) is 1.61. The summed E-state index contributed by atoms with van der Waals surface area (Å²) >= 11 is 0. The minimum atomic E-state index is -0.733. The third-order valence-electron chi connectivity index (χ3n) is 5.68. The molecule has 1 unspecified atom stereocenters. The number of hydrogen-bond acceptors (Lipinski definition) is 4. The Bertz CT molecular complexity index is 579. The van der Waals surface area contributed by atoms with Gasteiger partial charge in [-0.2, -0.15) is 0 Å². The number of hydrogen-bond donors (Lipinski definition) is 1. The smallest absolute Gasteiger partial charge is 0.256 e. The molecule has 2 fully saturated rings. The minimum Gasteiger partial charge on any atom is -0.494 e. The molecular weight excluding hydrogens is 328 g/mol. The van der Waals surface area contributed by atoms with Gasteiger partial charge < -0.3 is 19.7 Å². The van der Waals surface area contributed by atoms with Crippen LogP contribution in [0.2, 0.25) is 0 Å². The van der Waals surface area contributed by atoms with Gasteiger partial charge >= 0.3 is 0 Å². The van der Waals surface area contributed by atoms with Crippen LogP contribution < -0.4 is 10.1 Å². The molecule has 0 bridgehead atoms. The minimum absolute atomic E-state index is 0.0716. The first-order chi connectivity index (χ1) is 12.6. The molecular formula is C21H32N2O3. The Balaban J connectivity index is 1.41. The van der Waals surface area contributed by atoms with Crippen molar-refractivity contribution in [2.75, 3.05) is 38.7 Å². The van der Waals surface area contributed by atoms with Crippen LogP contribution in [0.5, 0.6) is 5.75 Å². The molecule has 5 heteroatoms. The lowest BCUT2D eigenvalue weighted by Gasteiger charge is -2.26. The van der Waals surface area contributed by atoms with Gasteiger partial charge in [-0.3, -0.25) is 4.79 Å². The molecule has 1 saturated heterocycles. The Morgan fingerprint density at radius 1 is 1.19 bits per heavy atom. The fourth-order valence-electron chi connectivity index (χ4n) is 3.63. The van der Waals surface area contributed by atoms with Crippen molar-refractivity contribution >= 4 is 11.6 Å². The van der Waals surface area contributed by atoms with Crippen LogP contribution in [0.15, 0.2) is 24.3 Å². The molecule has 1 aromatic rings. The van der Waals surface area contributed by atoms with E-state index in [-0.39, 0.29) is 5.91 Å². The van der Waals surface area contributed by atoms with Crippen molar-refractivity contribution in [3.05, 3.63) is 24.3 Å². The second kappa shape index (κ2) is 8.87. The zero-order valence-corrected chi connectivity index (χ0v) is 16.1. The molecule has 1 N–H and O–H groups in total. The Morgan fingerprint density at radius 2 is 1.88 bits per heavy atom. The normalized spacial score (nSPS) is 20.4. The highest BCUT2D eigenvalue weighted by molar-refractivity contribution is 5.97. The summed E-state index contributed by atoms with van der Waals surface area (Å²) in [6.45, 7) is 6.18. The summed E-state index contributed by atoms with van der Waals surface area (Å²) < 4.78 is 11.3. The third kappa shape index (κ3) is 4.98. The molecule has 26 heavy (non-hydrogen) atoms. The Hall–Kier alpha value is -1.59. The Morgan fingerprint density at radius 3 is 2.50 bits per heavy atom. The van der Waals surface area contributed by atoms with Crippen LogP contribution in [-0.2, 0) is 9.53 Å². The highest BCUT2D eigenvalue weighted by atomic mass is 16.5. The molecule has 5 nitrogen and oxygen atoms in total. The SMILES string of the molecule is COC(C)(C(=O)Nc1ccc(OCCCN2CCCCC2)cc1)C1CC1. The van der Waals surface area contributed by atoms with Gasteiger partial charge in [0.15, 0.2) is 0 Å². The van der Waals surface area contributed by atoms with E-state index in [0.29, 0.717) is 5.92 Å². The lowest BCUT2D eigenvalue weighted by atomic mass is 9.99. The molecule has 0 spiro atoms. The van der Waals surface area contributed by atoms with E-state index in [4.69, 9.17) is 9.47 Å². The van der Waals surface area contributed by atoms with E-state index < -0.39 is 5.60 Å². The molecule has 3 rings (SSSR count). The van der Waals surface area contributed by atoms with Crippen molar-refractivity contribution in [2.45, 2.75) is 51.0 Å². The molecule has 1 atom stereocenters. The van der Waals surface area contributed by atoms with Crippen molar-refractivity contribution in [3.8, 4) is 5.75 Å². The number of ether oxygens (including phenoxy) is 2.